The van der Waals surface area contributed by atoms with Crippen LogP contribution in [0.1, 0.15) is 30.9 Å². The van der Waals surface area contributed by atoms with Gasteiger partial charge in [-0.25, -0.2) is 0 Å². The number of hydrogen-bond donors (Lipinski definition) is 0. The largest absolute Gasteiger partial charge is 0.392 e. The van der Waals surface area contributed by atoms with Crippen LogP contribution in [0.5, 0.6) is 0 Å². The van der Waals surface area contributed by atoms with Gasteiger partial charge in [0.25, 0.3) is 0 Å². The van der Waals surface area contributed by atoms with Crippen molar-refractivity contribution in [2.75, 3.05) is 6.61 Å². The Morgan fingerprint density at radius 3 is 2.53 bits per heavy atom. The Kier molecular flexibility index (Phi) is 4.61. The number of nitrogens with zero attached hydrogens (tertiary/aromatic N) is 1. The third-order valence-electron chi connectivity index (χ3n) is 2.07. The van der Waals surface area contributed by atoms with Crippen molar-refractivity contribution in [3.05, 3.63) is 48.0 Å². The molecular formula is C13H17NO. The molecule has 1 aromatic carbocycles. The summed E-state index contributed by atoms with van der Waals surface area (Å²) in [5.74, 6) is 0.563. The van der Waals surface area contributed by atoms with Gasteiger partial charge in [0.15, 0.2) is 0 Å². The molecule has 0 heterocycles. The molecule has 0 N–H and O–H groups in total. The first kappa shape index (κ1) is 11.5. The van der Waals surface area contributed by atoms with Crippen LogP contribution in [0.3, 0.4) is 0 Å². The molecule has 1 rings (SSSR count). The van der Waals surface area contributed by atoms with Crippen molar-refractivity contribution in [1.29, 1.82) is 0 Å². The highest BCUT2D eigenvalue weighted by Crippen LogP contribution is 2.13. The Balaban J connectivity index is 2.56. The Labute approximate surface area is 91.3 Å². The SMILES string of the molecule is C=CCO/N=C/c1ccc(C(C)C)cc1. The Morgan fingerprint density at radius 2 is 2.00 bits per heavy atom. The molecule has 80 valence electrons. The van der Waals surface area contributed by atoms with E-state index in [1.165, 1.54) is 5.56 Å². The number of rotatable bonds is 5. The lowest BCUT2D eigenvalue weighted by atomic mass is 10.0. The van der Waals surface area contributed by atoms with E-state index in [1.807, 2.05) is 12.1 Å². The lowest BCUT2D eigenvalue weighted by Crippen LogP contribution is -1.89. The lowest BCUT2D eigenvalue weighted by Gasteiger charge is -2.04. The first-order chi connectivity index (χ1) is 7.24. The van der Waals surface area contributed by atoms with Crippen LogP contribution in [0.15, 0.2) is 42.1 Å². The minimum Gasteiger partial charge on any atom is -0.392 e. The number of benzene rings is 1. The highest BCUT2D eigenvalue weighted by Gasteiger charge is 1.97. The molecule has 0 aliphatic carbocycles. The topological polar surface area (TPSA) is 21.6 Å². The Bertz CT molecular complexity index is 325. The maximum Gasteiger partial charge on any atom is 0.135 e. The van der Waals surface area contributed by atoms with Gasteiger partial charge in [-0.2, -0.15) is 0 Å². The summed E-state index contributed by atoms with van der Waals surface area (Å²) in [7, 11) is 0. The maximum absolute atomic E-state index is 4.92. The fourth-order valence-electron chi connectivity index (χ4n) is 1.16. The van der Waals surface area contributed by atoms with Crippen molar-refractivity contribution in [3.8, 4) is 0 Å². The van der Waals surface area contributed by atoms with Crippen molar-refractivity contribution in [2.45, 2.75) is 19.8 Å². The van der Waals surface area contributed by atoms with Gasteiger partial charge in [0.1, 0.15) is 6.61 Å². The first-order valence-electron chi connectivity index (χ1n) is 5.10. The summed E-state index contributed by atoms with van der Waals surface area (Å²) in [6.45, 7) is 8.34. The quantitative estimate of drug-likeness (QED) is 0.311. The molecule has 2 nitrogen and oxygen atoms in total. The summed E-state index contributed by atoms with van der Waals surface area (Å²) in [5.41, 5.74) is 2.38. The van der Waals surface area contributed by atoms with Gasteiger partial charge in [-0.15, -0.1) is 0 Å². The van der Waals surface area contributed by atoms with Crippen LogP contribution >= 0.6 is 0 Å². The first-order valence-corrected chi connectivity index (χ1v) is 5.10. The van der Waals surface area contributed by atoms with Gasteiger partial charge in [0, 0.05) is 0 Å². The van der Waals surface area contributed by atoms with Crippen molar-refractivity contribution in [1.82, 2.24) is 0 Å². The Morgan fingerprint density at radius 1 is 1.33 bits per heavy atom. The van der Waals surface area contributed by atoms with Crippen LogP contribution < -0.4 is 0 Å². The molecule has 0 spiro atoms. The number of oxime groups is 1. The van der Waals surface area contributed by atoms with Crippen LogP contribution in [0.25, 0.3) is 0 Å². The second-order valence-corrected chi connectivity index (χ2v) is 3.64. The molecule has 0 aliphatic heterocycles. The summed E-state index contributed by atoms with van der Waals surface area (Å²) < 4.78 is 0. The average Bonchev–Trinajstić information content (AvgIpc) is 2.25. The normalized spacial score (nSPS) is 10.9. The van der Waals surface area contributed by atoms with Gasteiger partial charge in [0.05, 0.1) is 6.21 Å². The van der Waals surface area contributed by atoms with Crippen molar-refractivity contribution in [3.63, 3.8) is 0 Å². The lowest BCUT2D eigenvalue weighted by molar-refractivity contribution is 0.176. The summed E-state index contributed by atoms with van der Waals surface area (Å²) in [6, 6.07) is 8.30. The van der Waals surface area contributed by atoms with E-state index >= 15 is 0 Å². The maximum atomic E-state index is 4.92. The number of hydrogen-bond acceptors (Lipinski definition) is 2. The van der Waals surface area contributed by atoms with E-state index < -0.39 is 0 Å². The highest BCUT2D eigenvalue weighted by atomic mass is 16.6. The zero-order valence-corrected chi connectivity index (χ0v) is 9.31. The fraction of sp³-hybridized carbons (Fsp3) is 0.308. The smallest absolute Gasteiger partial charge is 0.135 e. The molecule has 0 unspecified atom stereocenters. The van der Waals surface area contributed by atoms with Gasteiger partial charge in [-0.1, -0.05) is 55.9 Å². The van der Waals surface area contributed by atoms with Crippen molar-refractivity contribution >= 4 is 6.21 Å². The molecule has 0 radical (unpaired) electrons. The monoisotopic (exact) mass is 203 g/mol. The Hall–Kier alpha value is -1.57. The zero-order valence-electron chi connectivity index (χ0n) is 9.31. The van der Waals surface area contributed by atoms with Gasteiger partial charge in [-0.3, -0.25) is 0 Å². The van der Waals surface area contributed by atoms with Crippen molar-refractivity contribution in [2.24, 2.45) is 5.16 Å². The molecule has 0 amide bonds. The highest BCUT2D eigenvalue weighted by molar-refractivity contribution is 5.79. The molecule has 0 bridgehead atoms. The van der Waals surface area contributed by atoms with E-state index in [4.69, 9.17) is 4.84 Å². The summed E-state index contributed by atoms with van der Waals surface area (Å²) in [6.07, 6.45) is 3.37. The van der Waals surface area contributed by atoms with E-state index in [9.17, 15) is 0 Å². The van der Waals surface area contributed by atoms with E-state index in [2.05, 4.69) is 37.7 Å². The minimum absolute atomic E-state index is 0.445. The molecule has 0 saturated carbocycles. The molecular weight excluding hydrogens is 186 g/mol. The van der Waals surface area contributed by atoms with Crippen LogP contribution in [0, 0.1) is 0 Å². The standard InChI is InChI=1S/C13H17NO/c1-4-9-15-14-10-12-5-7-13(8-6-12)11(2)3/h4-8,10-11H,1,9H2,2-3H3/b14-10+. The molecule has 0 aromatic heterocycles. The second kappa shape index (κ2) is 6.02. The molecule has 0 saturated heterocycles. The summed E-state index contributed by atoms with van der Waals surface area (Å²) in [4.78, 5) is 4.92. The van der Waals surface area contributed by atoms with E-state index in [0.29, 0.717) is 12.5 Å². The van der Waals surface area contributed by atoms with Gasteiger partial charge < -0.3 is 4.84 Å². The summed E-state index contributed by atoms with van der Waals surface area (Å²) in [5, 5.41) is 3.81. The fourth-order valence-corrected chi connectivity index (χ4v) is 1.16. The molecule has 0 fully saturated rings. The molecule has 0 aliphatic rings. The predicted molar refractivity (Wildman–Crippen MR) is 64.3 cm³/mol. The van der Waals surface area contributed by atoms with Crippen LogP contribution in [-0.2, 0) is 4.84 Å². The van der Waals surface area contributed by atoms with Crippen LogP contribution in [-0.4, -0.2) is 12.8 Å². The molecule has 15 heavy (non-hydrogen) atoms. The summed E-state index contributed by atoms with van der Waals surface area (Å²) >= 11 is 0. The van der Waals surface area contributed by atoms with E-state index in [1.54, 1.807) is 12.3 Å². The van der Waals surface area contributed by atoms with Crippen molar-refractivity contribution < 1.29 is 4.84 Å². The second-order valence-electron chi connectivity index (χ2n) is 3.64. The minimum atomic E-state index is 0.445. The van der Waals surface area contributed by atoms with Crippen LogP contribution in [0.2, 0.25) is 0 Å². The van der Waals surface area contributed by atoms with E-state index in [0.717, 1.165) is 5.56 Å². The molecule has 0 atom stereocenters. The van der Waals surface area contributed by atoms with E-state index in [-0.39, 0.29) is 0 Å². The third-order valence-corrected chi connectivity index (χ3v) is 2.07. The van der Waals surface area contributed by atoms with Gasteiger partial charge >= 0.3 is 0 Å². The molecule has 2 heteroatoms. The third kappa shape index (κ3) is 3.98. The molecule has 1 aromatic rings. The average molecular weight is 203 g/mol. The van der Waals surface area contributed by atoms with Gasteiger partial charge in [-0.05, 0) is 17.0 Å². The van der Waals surface area contributed by atoms with Crippen LogP contribution in [0.4, 0.5) is 0 Å². The zero-order chi connectivity index (χ0) is 11.1. The van der Waals surface area contributed by atoms with Gasteiger partial charge in [0.2, 0.25) is 0 Å². The predicted octanol–water partition coefficient (Wildman–Crippen LogP) is 3.35.